The van der Waals surface area contributed by atoms with Crippen molar-refractivity contribution in [2.24, 2.45) is 10.9 Å². The van der Waals surface area contributed by atoms with Gasteiger partial charge in [-0.05, 0) is 57.8 Å². The highest BCUT2D eigenvalue weighted by atomic mass is 16.5. The minimum absolute atomic E-state index is 0.0860. The van der Waals surface area contributed by atoms with E-state index in [2.05, 4.69) is 27.4 Å². The Labute approximate surface area is 163 Å². The van der Waals surface area contributed by atoms with Gasteiger partial charge in [0.05, 0.1) is 0 Å². The number of likely N-dealkylation sites (tertiary alicyclic amines) is 1. The molecule has 2 N–H and O–H groups in total. The molecule has 1 heterocycles. The van der Waals surface area contributed by atoms with E-state index in [-0.39, 0.29) is 18.0 Å². The van der Waals surface area contributed by atoms with Gasteiger partial charge in [-0.1, -0.05) is 0 Å². The Morgan fingerprint density at radius 2 is 1.85 bits per heavy atom. The fourth-order valence-electron chi connectivity index (χ4n) is 3.80. The first-order valence-corrected chi connectivity index (χ1v) is 10.6. The molecule has 7 heteroatoms. The summed E-state index contributed by atoms with van der Waals surface area (Å²) in [6.45, 7) is 5.34. The first-order valence-electron chi connectivity index (χ1n) is 10.6. The summed E-state index contributed by atoms with van der Waals surface area (Å²) in [6.07, 6.45) is 8.31. The van der Waals surface area contributed by atoms with Crippen LogP contribution in [0.5, 0.6) is 0 Å². The second-order valence-electron chi connectivity index (χ2n) is 7.54. The fourth-order valence-corrected chi connectivity index (χ4v) is 3.80. The SMILES string of the molecule is CCNC(=NCCCC(=O)OC1CCCC1)N1CCC(CC(=O)NC)CC1. The van der Waals surface area contributed by atoms with Crippen LogP contribution in [0, 0.1) is 5.92 Å². The first-order chi connectivity index (χ1) is 13.1. The molecule has 154 valence electrons. The second-order valence-corrected chi connectivity index (χ2v) is 7.54. The summed E-state index contributed by atoms with van der Waals surface area (Å²) in [4.78, 5) is 30.4. The van der Waals surface area contributed by atoms with Gasteiger partial charge in [-0.2, -0.15) is 0 Å². The maximum Gasteiger partial charge on any atom is 0.306 e. The van der Waals surface area contributed by atoms with Crippen molar-refractivity contribution in [2.45, 2.75) is 70.8 Å². The minimum Gasteiger partial charge on any atom is -0.462 e. The number of amides is 1. The maximum atomic E-state index is 11.9. The van der Waals surface area contributed by atoms with Crippen LogP contribution in [0.2, 0.25) is 0 Å². The van der Waals surface area contributed by atoms with Gasteiger partial charge in [0.25, 0.3) is 0 Å². The molecule has 1 amide bonds. The Bertz CT molecular complexity index is 495. The summed E-state index contributed by atoms with van der Waals surface area (Å²) >= 11 is 0. The number of ether oxygens (including phenoxy) is 1. The number of aliphatic imine (C=N–C) groups is 1. The summed E-state index contributed by atoms with van der Waals surface area (Å²) < 4.78 is 5.49. The van der Waals surface area contributed by atoms with Crippen molar-refractivity contribution in [2.75, 3.05) is 33.2 Å². The highest BCUT2D eigenvalue weighted by Gasteiger charge is 2.23. The molecule has 2 fully saturated rings. The van der Waals surface area contributed by atoms with Gasteiger partial charge < -0.3 is 20.3 Å². The predicted molar refractivity (Wildman–Crippen MR) is 107 cm³/mol. The van der Waals surface area contributed by atoms with E-state index in [0.717, 1.165) is 51.3 Å². The second kappa shape index (κ2) is 11.8. The summed E-state index contributed by atoms with van der Waals surface area (Å²) in [5.74, 6) is 1.41. The Morgan fingerprint density at radius 3 is 2.48 bits per heavy atom. The van der Waals surface area contributed by atoms with Crippen LogP contribution < -0.4 is 10.6 Å². The van der Waals surface area contributed by atoms with Gasteiger partial charge >= 0.3 is 5.97 Å². The number of carbonyl (C=O) groups excluding carboxylic acids is 2. The number of guanidine groups is 1. The predicted octanol–water partition coefficient (Wildman–Crippen LogP) is 2.07. The molecule has 7 nitrogen and oxygen atoms in total. The van der Waals surface area contributed by atoms with Crippen LogP contribution >= 0.6 is 0 Å². The smallest absolute Gasteiger partial charge is 0.306 e. The molecule has 0 unspecified atom stereocenters. The average molecular weight is 381 g/mol. The van der Waals surface area contributed by atoms with E-state index in [9.17, 15) is 9.59 Å². The molecular weight excluding hydrogens is 344 g/mol. The number of esters is 1. The van der Waals surface area contributed by atoms with Crippen LogP contribution in [0.15, 0.2) is 4.99 Å². The van der Waals surface area contributed by atoms with E-state index in [1.165, 1.54) is 12.8 Å². The normalized spacial score (nSPS) is 19.2. The third kappa shape index (κ3) is 7.77. The van der Waals surface area contributed by atoms with Crippen molar-refractivity contribution >= 4 is 17.8 Å². The molecule has 1 saturated heterocycles. The molecule has 0 aromatic heterocycles. The number of rotatable bonds is 8. The molecule has 0 aromatic rings. The van der Waals surface area contributed by atoms with Crippen molar-refractivity contribution < 1.29 is 14.3 Å². The molecule has 1 aliphatic heterocycles. The van der Waals surface area contributed by atoms with Crippen molar-refractivity contribution in [3.63, 3.8) is 0 Å². The minimum atomic E-state index is -0.0860. The average Bonchev–Trinajstić information content (AvgIpc) is 3.17. The van der Waals surface area contributed by atoms with Crippen LogP contribution in [-0.4, -0.2) is 62.1 Å². The lowest BCUT2D eigenvalue weighted by Crippen LogP contribution is -2.46. The van der Waals surface area contributed by atoms with Crippen LogP contribution in [-0.2, 0) is 14.3 Å². The molecule has 0 radical (unpaired) electrons. The quantitative estimate of drug-likeness (QED) is 0.291. The van der Waals surface area contributed by atoms with E-state index >= 15 is 0 Å². The van der Waals surface area contributed by atoms with E-state index in [1.807, 2.05) is 0 Å². The van der Waals surface area contributed by atoms with E-state index in [0.29, 0.717) is 31.7 Å². The molecule has 27 heavy (non-hydrogen) atoms. The lowest BCUT2D eigenvalue weighted by molar-refractivity contribution is -0.148. The van der Waals surface area contributed by atoms with Gasteiger partial charge in [-0.15, -0.1) is 0 Å². The zero-order valence-electron chi connectivity index (χ0n) is 17.0. The van der Waals surface area contributed by atoms with Crippen molar-refractivity contribution in [3.8, 4) is 0 Å². The number of nitrogens with zero attached hydrogens (tertiary/aromatic N) is 2. The van der Waals surface area contributed by atoms with Crippen LogP contribution in [0.3, 0.4) is 0 Å². The molecule has 2 aliphatic rings. The van der Waals surface area contributed by atoms with E-state index < -0.39 is 0 Å². The number of piperidine rings is 1. The fraction of sp³-hybridized carbons (Fsp3) is 0.850. The monoisotopic (exact) mass is 380 g/mol. The van der Waals surface area contributed by atoms with Gasteiger partial charge in [0, 0.05) is 46.1 Å². The third-order valence-electron chi connectivity index (χ3n) is 5.40. The van der Waals surface area contributed by atoms with Crippen molar-refractivity contribution in [3.05, 3.63) is 0 Å². The molecule has 0 spiro atoms. The highest BCUT2D eigenvalue weighted by molar-refractivity contribution is 5.80. The molecule has 1 saturated carbocycles. The Hall–Kier alpha value is -1.79. The van der Waals surface area contributed by atoms with Crippen LogP contribution in [0.4, 0.5) is 0 Å². The molecular formula is C20H36N4O3. The Morgan fingerprint density at radius 1 is 1.15 bits per heavy atom. The molecule has 0 atom stereocenters. The van der Waals surface area contributed by atoms with Crippen LogP contribution in [0.25, 0.3) is 0 Å². The number of hydrogen-bond acceptors (Lipinski definition) is 4. The van der Waals surface area contributed by atoms with Crippen LogP contribution in [0.1, 0.15) is 64.7 Å². The summed E-state index contributed by atoms with van der Waals surface area (Å²) in [5, 5.41) is 6.05. The van der Waals surface area contributed by atoms with Gasteiger partial charge in [-0.25, -0.2) is 0 Å². The van der Waals surface area contributed by atoms with Crippen molar-refractivity contribution in [1.29, 1.82) is 0 Å². The van der Waals surface area contributed by atoms with Gasteiger partial charge in [0.1, 0.15) is 6.10 Å². The highest BCUT2D eigenvalue weighted by Crippen LogP contribution is 2.22. The number of carbonyl (C=O) groups is 2. The van der Waals surface area contributed by atoms with Gasteiger partial charge in [0.2, 0.25) is 5.91 Å². The maximum absolute atomic E-state index is 11.9. The molecule has 1 aliphatic carbocycles. The van der Waals surface area contributed by atoms with E-state index in [4.69, 9.17) is 4.74 Å². The molecule has 2 rings (SSSR count). The lowest BCUT2D eigenvalue weighted by Gasteiger charge is -2.34. The Kier molecular flexibility index (Phi) is 9.42. The third-order valence-corrected chi connectivity index (χ3v) is 5.40. The summed E-state index contributed by atoms with van der Waals surface area (Å²) in [5.41, 5.74) is 0. The van der Waals surface area contributed by atoms with Gasteiger partial charge in [0.15, 0.2) is 5.96 Å². The number of hydrogen-bond donors (Lipinski definition) is 2. The number of nitrogens with one attached hydrogen (secondary N) is 2. The first kappa shape index (κ1) is 21.5. The zero-order chi connectivity index (χ0) is 19.5. The van der Waals surface area contributed by atoms with Crippen molar-refractivity contribution in [1.82, 2.24) is 15.5 Å². The zero-order valence-corrected chi connectivity index (χ0v) is 17.0. The standard InChI is InChI=1S/C20H36N4O3/c1-3-22-20(24-13-10-16(11-14-24)15-18(25)21-2)23-12-6-9-19(26)27-17-7-4-5-8-17/h16-17H,3-15H2,1-2H3,(H,21,25)(H,22,23). The largest absolute Gasteiger partial charge is 0.462 e. The summed E-state index contributed by atoms with van der Waals surface area (Å²) in [7, 11) is 1.69. The Balaban J connectivity index is 1.70. The molecule has 0 bridgehead atoms. The lowest BCUT2D eigenvalue weighted by atomic mass is 9.93. The molecule has 0 aromatic carbocycles. The van der Waals surface area contributed by atoms with Gasteiger partial charge in [-0.3, -0.25) is 14.6 Å². The van der Waals surface area contributed by atoms with E-state index in [1.54, 1.807) is 7.05 Å². The summed E-state index contributed by atoms with van der Waals surface area (Å²) in [6, 6.07) is 0. The topological polar surface area (TPSA) is 83.0 Å².